The number of hydrogen-bond acceptors (Lipinski definition) is 3. The van der Waals surface area contributed by atoms with E-state index in [9.17, 15) is 0 Å². The summed E-state index contributed by atoms with van der Waals surface area (Å²) in [6, 6.07) is 10.3. The second-order valence-corrected chi connectivity index (χ2v) is 6.19. The molecule has 1 aromatic carbocycles. The number of piperidine rings is 1. The van der Waals surface area contributed by atoms with Crippen molar-refractivity contribution in [1.29, 1.82) is 5.26 Å². The molecule has 2 rings (SSSR count). The number of benzene rings is 1. The molecule has 0 spiro atoms. The highest BCUT2D eigenvalue weighted by Crippen LogP contribution is 2.31. The highest BCUT2D eigenvalue weighted by molar-refractivity contribution is 5.35. The molecule has 2 N–H and O–H groups in total. The van der Waals surface area contributed by atoms with E-state index in [2.05, 4.69) is 31.0 Å². The van der Waals surface area contributed by atoms with Gasteiger partial charge >= 0.3 is 0 Å². The monoisotopic (exact) mass is 271 g/mol. The summed E-state index contributed by atoms with van der Waals surface area (Å²) in [5.74, 6) is 1.12. The van der Waals surface area contributed by atoms with Crippen molar-refractivity contribution < 1.29 is 0 Å². The molecule has 2 unspecified atom stereocenters. The SMILES string of the molecule is CC(N)C(CC1CCN(C)CC1)c1cccc(C#N)c1. The van der Waals surface area contributed by atoms with E-state index in [1.165, 1.54) is 31.5 Å². The van der Waals surface area contributed by atoms with E-state index >= 15 is 0 Å². The van der Waals surface area contributed by atoms with Gasteiger partial charge < -0.3 is 10.6 Å². The maximum atomic E-state index is 9.05. The van der Waals surface area contributed by atoms with Crippen LogP contribution in [-0.2, 0) is 0 Å². The van der Waals surface area contributed by atoms with Crippen molar-refractivity contribution in [2.45, 2.75) is 38.1 Å². The lowest BCUT2D eigenvalue weighted by Gasteiger charge is -2.32. The summed E-state index contributed by atoms with van der Waals surface area (Å²) in [6.45, 7) is 4.46. The summed E-state index contributed by atoms with van der Waals surface area (Å²) >= 11 is 0. The third-order valence-corrected chi connectivity index (χ3v) is 4.50. The molecule has 2 atom stereocenters. The van der Waals surface area contributed by atoms with Crippen molar-refractivity contribution in [2.24, 2.45) is 11.7 Å². The van der Waals surface area contributed by atoms with Crippen LogP contribution in [0.15, 0.2) is 24.3 Å². The average Bonchev–Trinajstić information content (AvgIpc) is 2.46. The van der Waals surface area contributed by atoms with Crippen molar-refractivity contribution in [3.63, 3.8) is 0 Å². The molecule has 3 heteroatoms. The topological polar surface area (TPSA) is 53.0 Å². The number of nitrogens with zero attached hydrogens (tertiary/aromatic N) is 2. The van der Waals surface area contributed by atoms with Gasteiger partial charge in [-0.2, -0.15) is 5.26 Å². The standard InChI is InChI=1S/C17H25N3/c1-13(19)17(11-14-6-8-20(2)9-7-14)16-5-3-4-15(10-16)12-18/h3-5,10,13-14,17H,6-9,11,19H2,1-2H3. The summed E-state index contributed by atoms with van der Waals surface area (Å²) in [7, 11) is 2.19. The van der Waals surface area contributed by atoms with Crippen LogP contribution in [0.1, 0.15) is 43.2 Å². The molecule has 0 saturated carbocycles. The number of rotatable bonds is 4. The van der Waals surface area contributed by atoms with Gasteiger partial charge in [-0.15, -0.1) is 0 Å². The summed E-state index contributed by atoms with van der Waals surface area (Å²) < 4.78 is 0. The minimum atomic E-state index is 0.128. The van der Waals surface area contributed by atoms with E-state index in [0.29, 0.717) is 5.92 Å². The van der Waals surface area contributed by atoms with Crippen LogP contribution in [0, 0.1) is 17.2 Å². The molecule has 0 aliphatic carbocycles. The predicted octanol–water partition coefficient (Wildman–Crippen LogP) is 2.72. The van der Waals surface area contributed by atoms with Gasteiger partial charge in [0.15, 0.2) is 0 Å². The van der Waals surface area contributed by atoms with Crippen molar-refractivity contribution in [2.75, 3.05) is 20.1 Å². The largest absolute Gasteiger partial charge is 0.327 e. The van der Waals surface area contributed by atoms with Gasteiger partial charge in [-0.05, 0) is 75.9 Å². The van der Waals surface area contributed by atoms with Gasteiger partial charge in [0.1, 0.15) is 0 Å². The van der Waals surface area contributed by atoms with Crippen LogP contribution in [-0.4, -0.2) is 31.1 Å². The van der Waals surface area contributed by atoms with Crippen molar-refractivity contribution in [1.82, 2.24) is 4.90 Å². The third-order valence-electron chi connectivity index (χ3n) is 4.50. The smallest absolute Gasteiger partial charge is 0.0991 e. The first kappa shape index (κ1) is 15.0. The molecular formula is C17H25N3. The lowest BCUT2D eigenvalue weighted by molar-refractivity contribution is 0.202. The summed E-state index contributed by atoms with van der Waals surface area (Å²) in [6.07, 6.45) is 3.66. The number of hydrogen-bond donors (Lipinski definition) is 1. The van der Waals surface area contributed by atoms with Crippen LogP contribution in [0.4, 0.5) is 0 Å². The van der Waals surface area contributed by atoms with Gasteiger partial charge in [-0.25, -0.2) is 0 Å². The third kappa shape index (κ3) is 3.82. The van der Waals surface area contributed by atoms with Crippen molar-refractivity contribution in [3.05, 3.63) is 35.4 Å². The molecule has 108 valence electrons. The van der Waals surface area contributed by atoms with Crippen LogP contribution in [0.5, 0.6) is 0 Å². The van der Waals surface area contributed by atoms with Gasteiger partial charge in [-0.1, -0.05) is 12.1 Å². The molecule has 1 saturated heterocycles. The lowest BCUT2D eigenvalue weighted by atomic mass is 9.80. The molecule has 20 heavy (non-hydrogen) atoms. The summed E-state index contributed by atoms with van der Waals surface area (Å²) in [5.41, 5.74) is 8.16. The predicted molar refractivity (Wildman–Crippen MR) is 82.4 cm³/mol. The van der Waals surface area contributed by atoms with E-state index in [1.807, 2.05) is 18.2 Å². The van der Waals surface area contributed by atoms with Gasteiger partial charge in [0.25, 0.3) is 0 Å². The van der Waals surface area contributed by atoms with Gasteiger partial charge in [-0.3, -0.25) is 0 Å². The molecule has 1 fully saturated rings. The zero-order valence-electron chi connectivity index (χ0n) is 12.5. The zero-order chi connectivity index (χ0) is 14.5. The van der Waals surface area contributed by atoms with E-state index in [0.717, 1.165) is 17.9 Å². The van der Waals surface area contributed by atoms with E-state index in [4.69, 9.17) is 11.0 Å². The Morgan fingerprint density at radius 3 is 2.70 bits per heavy atom. The number of likely N-dealkylation sites (tertiary alicyclic amines) is 1. The van der Waals surface area contributed by atoms with Gasteiger partial charge in [0.05, 0.1) is 11.6 Å². The Kier molecular flexibility index (Phi) is 5.17. The Morgan fingerprint density at radius 1 is 1.40 bits per heavy atom. The summed E-state index contributed by atoms with van der Waals surface area (Å²) in [4.78, 5) is 2.40. The Morgan fingerprint density at radius 2 is 2.10 bits per heavy atom. The first-order chi connectivity index (χ1) is 9.60. The van der Waals surface area contributed by atoms with Gasteiger partial charge in [0, 0.05) is 6.04 Å². The minimum absolute atomic E-state index is 0.128. The maximum absolute atomic E-state index is 9.05. The van der Waals surface area contributed by atoms with E-state index in [-0.39, 0.29) is 6.04 Å². The highest BCUT2D eigenvalue weighted by Gasteiger charge is 2.24. The van der Waals surface area contributed by atoms with Crippen molar-refractivity contribution >= 4 is 0 Å². The first-order valence-electron chi connectivity index (χ1n) is 7.54. The maximum Gasteiger partial charge on any atom is 0.0991 e. The molecular weight excluding hydrogens is 246 g/mol. The molecule has 0 bridgehead atoms. The number of nitrogens with two attached hydrogens (primary N) is 1. The van der Waals surface area contributed by atoms with Gasteiger partial charge in [0.2, 0.25) is 0 Å². The van der Waals surface area contributed by atoms with Crippen LogP contribution < -0.4 is 5.73 Å². The van der Waals surface area contributed by atoms with Crippen LogP contribution in [0.25, 0.3) is 0 Å². The Bertz CT molecular complexity index is 467. The molecule has 3 nitrogen and oxygen atoms in total. The second-order valence-electron chi connectivity index (χ2n) is 6.19. The molecule has 1 heterocycles. The van der Waals surface area contributed by atoms with E-state index < -0.39 is 0 Å². The molecule has 0 radical (unpaired) electrons. The second kappa shape index (κ2) is 6.88. The molecule has 1 aromatic rings. The fraction of sp³-hybridized carbons (Fsp3) is 0.588. The quantitative estimate of drug-likeness (QED) is 0.916. The molecule has 1 aliphatic rings. The fourth-order valence-corrected chi connectivity index (χ4v) is 3.15. The van der Waals surface area contributed by atoms with Crippen LogP contribution in [0.3, 0.4) is 0 Å². The van der Waals surface area contributed by atoms with E-state index in [1.54, 1.807) is 0 Å². The minimum Gasteiger partial charge on any atom is -0.327 e. The molecule has 0 amide bonds. The summed E-state index contributed by atoms with van der Waals surface area (Å²) in [5, 5.41) is 9.05. The fourth-order valence-electron chi connectivity index (χ4n) is 3.15. The van der Waals surface area contributed by atoms with Crippen LogP contribution in [0.2, 0.25) is 0 Å². The Hall–Kier alpha value is -1.37. The molecule has 0 aromatic heterocycles. The van der Waals surface area contributed by atoms with Crippen LogP contribution >= 0.6 is 0 Å². The number of nitriles is 1. The molecule has 1 aliphatic heterocycles. The lowest BCUT2D eigenvalue weighted by Crippen LogP contribution is -2.33. The highest BCUT2D eigenvalue weighted by atomic mass is 15.1. The zero-order valence-corrected chi connectivity index (χ0v) is 12.5. The Balaban J connectivity index is 2.09. The first-order valence-corrected chi connectivity index (χ1v) is 7.54. The van der Waals surface area contributed by atoms with Crippen molar-refractivity contribution in [3.8, 4) is 6.07 Å². The normalized spacial score (nSPS) is 20.3. The Labute approximate surface area is 122 Å². The average molecular weight is 271 g/mol.